The van der Waals surface area contributed by atoms with Crippen LogP contribution in [0, 0.1) is 0 Å². The molecule has 0 atom stereocenters. The molecule has 2 heterocycles. The second-order valence-corrected chi connectivity index (χ2v) is 5.80. The van der Waals surface area contributed by atoms with Gasteiger partial charge in [0, 0.05) is 18.5 Å². The molecule has 0 unspecified atom stereocenters. The number of aromatic nitrogens is 2. The van der Waals surface area contributed by atoms with E-state index >= 15 is 0 Å². The van der Waals surface area contributed by atoms with Crippen molar-refractivity contribution in [2.75, 3.05) is 12.5 Å². The van der Waals surface area contributed by atoms with Crippen LogP contribution in [0.1, 0.15) is 26.1 Å². The van der Waals surface area contributed by atoms with Crippen LogP contribution in [0.2, 0.25) is 0 Å². The van der Waals surface area contributed by atoms with Crippen LogP contribution in [-0.2, 0) is 13.0 Å². The molecular weight excluding hydrogens is 334 g/mol. The third-order valence-corrected chi connectivity index (χ3v) is 4.17. The molecule has 112 valence electrons. The second kappa shape index (κ2) is 5.60. The molecule has 0 spiro atoms. The first-order valence-electron chi connectivity index (χ1n) is 7.10. The van der Waals surface area contributed by atoms with Gasteiger partial charge in [0.15, 0.2) is 11.5 Å². The molecule has 5 nitrogen and oxygen atoms in total. The van der Waals surface area contributed by atoms with Crippen molar-refractivity contribution in [2.45, 2.75) is 33.2 Å². The van der Waals surface area contributed by atoms with Crippen LogP contribution in [-0.4, -0.2) is 16.3 Å². The molecule has 0 aliphatic carbocycles. The zero-order valence-electron chi connectivity index (χ0n) is 12.1. The van der Waals surface area contributed by atoms with E-state index in [2.05, 4.69) is 34.3 Å². The topological polar surface area (TPSA) is 62.3 Å². The lowest BCUT2D eigenvalue weighted by Crippen LogP contribution is -2.05. The van der Waals surface area contributed by atoms with Crippen molar-refractivity contribution in [3.05, 3.63) is 22.4 Å². The van der Waals surface area contributed by atoms with Crippen molar-refractivity contribution in [3.8, 4) is 22.8 Å². The zero-order valence-corrected chi connectivity index (χ0v) is 13.7. The average Bonchev–Trinajstić information content (AvgIpc) is 3.04. The molecule has 1 aliphatic rings. The lowest BCUT2D eigenvalue weighted by molar-refractivity contribution is 0.173. The van der Waals surface area contributed by atoms with Gasteiger partial charge in [0.25, 0.3) is 0 Å². The highest BCUT2D eigenvalue weighted by atomic mass is 79.9. The first-order valence-corrected chi connectivity index (χ1v) is 7.89. The maximum Gasteiger partial charge on any atom is 0.231 e. The number of halogens is 1. The maximum absolute atomic E-state index is 6.29. The molecule has 6 heteroatoms. The minimum Gasteiger partial charge on any atom is -0.454 e. The number of aryl methyl sites for hydroxylation is 1. The molecular formula is C15H18BrN3O2. The molecule has 0 amide bonds. The summed E-state index contributed by atoms with van der Waals surface area (Å²) in [7, 11) is 0. The van der Waals surface area contributed by atoms with E-state index in [0.29, 0.717) is 5.82 Å². The van der Waals surface area contributed by atoms with E-state index in [4.69, 9.17) is 20.2 Å². The molecule has 0 fully saturated rings. The molecule has 2 N–H and O–H groups in total. The van der Waals surface area contributed by atoms with Gasteiger partial charge >= 0.3 is 0 Å². The van der Waals surface area contributed by atoms with Gasteiger partial charge < -0.3 is 19.8 Å². The van der Waals surface area contributed by atoms with Crippen LogP contribution in [0.5, 0.6) is 11.5 Å². The summed E-state index contributed by atoms with van der Waals surface area (Å²) < 4.78 is 13.8. The Bertz CT molecular complexity index is 682. The molecule has 0 saturated heterocycles. The SMILES string of the molecule is CCCc1nc(-c2cc(Br)c3c(c2)OCO3)c(N)n1CC. The number of imidazole rings is 1. The van der Waals surface area contributed by atoms with E-state index in [1.54, 1.807) is 0 Å². The van der Waals surface area contributed by atoms with Gasteiger partial charge in [-0.2, -0.15) is 0 Å². The van der Waals surface area contributed by atoms with Gasteiger partial charge in [-0.3, -0.25) is 0 Å². The van der Waals surface area contributed by atoms with E-state index in [9.17, 15) is 0 Å². The van der Waals surface area contributed by atoms with Crippen molar-refractivity contribution < 1.29 is 9.47 Å². The molecule has 1 aromatic heterocycles. The van der Waals surface area contributed by atoms with Gasteiger partial charge in [-0.25, -0.2) is 4.98 Å². The number of ether oxygens (including phenoxy) is 2. The third-order valence-electron chi connectivity index (χ3n) is 3.58. The average molecular weight is 352 g/mol. The molecule has 3 rings (SSSR count). The summed E-state index contributed by atoms with van der Waals surface area (Å²) in [5.41, 5.74) is 8.03. The van der Waals surface area contributed by atoms with Crippen molar-refractivity contribution in [1.29, 1.82) is 0 Å². The fraction of sp³-hybridized carbons (Fsp3) is 0.400. The van der Waals surface area contributed by atoms with Crippen LogP contribution in [0.25, 0.3) is 11.3 Å². The summed E-state index contributed by atoms with van der Waals surface area (Å²) >= 11 is 3.51. The second-order valence-electron chi connectivity index (χ2n) is 4.95. The predicted molar refractivity (Wildman–Crippen MR) is 85.6 cm³/mol. The Morgan fingerprint density at radius 2 is 2.14 bits per heavy atom. The van der Waals surface area contributed by atoms with E-state index in [1.807, 2.05) is 12.1 Å². The normalized spacial score (nSPS) is 12.9. The van der Waals surface area contributed by atoms with Crippen LogP contribution in [0.4, 0.5) is 5.82 Å². The first kappa shape index (κ1) is 14.3. The molecule has 0 bridgehead atoms. The van der Waals surface area contributed by atoms with E-state index in [1.165, 1.54) is 0 Å². The maximum atomic E-state index is 6.29. The molecule has 2 aromatic rings. The third kappa shape index (κ3) is 2.37. The Morgan fingerprint density at radius 3 is 2.86 bits per heavy atom. The number of nitrogens with zero attached hydrogens (tertiary/aromatic N) is 2. The summed E-state index contributed by atoms with van der Waals surface area (Å²) in [4.78, 5) is 4.73. The number of anilines is 1. The van der Waals surface area contributed by atoms with Crippen molar-refractivity contribution in [3.63, 3.8) is 0 Å². The van der Waals surface area contributed by atoms with Gasteiger partial charge in [-0.05, 0) is 41.4 Å². The van der Waals surface area contributed by atoms with Crippen molar-refractivity contribution in [1.82, 2.24) is 9.55 Å². The highest BCUT2D eigenvalue weighted by Crippen LogP contribution is 2.43. The number of nitrogen functional groups attached to an aromatic ring is 1. The molecule has 1 aliphatic heterocycles. The summed E-state index contributed by atoms with van der Waals surface area (Å²) in [5.74, 6) is 3.19. The Labute approximate surface area is 132 Å². The van der Waals surface area contributed by atoms with Gasteiger partial charge in [0.05, 0.1) is 4.47 Å². The monoisotopic (exact) mass is 351 g/mol. The standard InChI is InChI=1S/C15H18BrN3O2/c1-3-5-12-18-13(15(17)19(12)4-2)9-6-10(16)14-11(7-9)20-8-21-14/h6-7H,3-5,8,17H2,1-2H3. The number of nitrogens with two attached hydrogens (primary N) is 1. The molecule has 0 saturated carbocycles. The van der Waals surface area contributed by atoms with Gasteiger partial charge in [-0.15, -0.1) is 0 Å². The number of rotatable bonds is 4. The lowest BCUT2D eigenvalue weighted by Gasteiger charge is -2.06. The van der Waals surface area contributed by atoms with Crippen LogP contribution in [0.15, 0.2) is 16.6 Å². The van der Waals surface area contributed by atoms with Crippen LogP contribution < -0.4 is 15.2 Å². The van der Waals surface area contributed by atoms with E-state index in [-0.39, 0.29) is 6.79 Å². The van der Waals surface area contributed by atoms with Crippen molar-refractivity contribution >= 4 is 21.7 Å². The number of benzene rings is 1. The van der Waals surface area contributed by atoms with Gasteiger partial charge in [-0.1, -0.05) is 6.92 Å². The Morgan fingerprint density at radius 1 is 1.33 bits per heavy atom. The summed E-state index contributed by atoms with van der Waals surface area (Å²) in [6.07, 6.45) is 1.96. The highest BCUT2D eigenvalue weighted by molar-refractivity contribution is 9.10. The molecule has 1 aromatic carbocycles. The largest absolute Gasteiger partial charge is 0.454 e. The fourth-order valence-corrected chi connectivity index (χ4v) is 3.15. The van der Waals surface area contributed by atoms with E-state index < -0.39 is 0 Å². The van der Waals surface area contributed by atoms with E-state index in [0.717, 1.165) is 52.4 Å². The Hall–Kier alpha value is -1.69. The predicted octanol–water partition coefficient (Wildman–Crippen LogP) is 3.60. The Balaban J connectivity index is 2.10. The molecule has 0 radical (unpaired) electrons. The minimum atomic E-state index is 0.247. The highest BCUT2D eigenvalue weighted by Gasteiger charge is 2.21. The number of hydrogen-bond donors (Lipinski definition) is 1. The first-order chi connectivity index (χ1) is 10.2. The summed E-state index contributed by atoms with van der Waals surface area (Å²) in [5, 5.41) is 0. The number of hydrogen-bond acceptors (Lipinski definition) is 4. The van der Waals surface area contributed by atoms with Crippen LogP contribution in [0.3, 0.4) is 0 Å². The smallest absolute Gasteiger partial charge is 0.231 e. The summed E-state index contributed by atoms with van der Waals surface area (Å²) in [6, 6.07) is 3.91. The van der Waals surface area contributed by atoms with Gasteiger partial charge in [0.2, 0.25) is 6.79 Å². The minimum absolute atomic E-state index is 0.247. The molecule has 21 heavy (non-hydrogen) atoms. The fourth-order valence-electron chi connectivity index (χ4n) is 2.60. The number of fused-ring (bicyclic) bond motifs is 1. The van der Waals surface area contributed by atoms with Crippen molar-refractivity contribution in [2.24, 2.45) is 0 Å². The zero-order chi connectivity index (χ0) is 15.0. The quantitative estimate of drug-likeness (QED) is 0.913. The lowest BCUT2D eigenvalue weighted by atomic mass is 10.1. The summed E-state index contributed by atoms with van der Waals surface area (Å²) in [6.45, 7) is 5.29. The Kier molecular flexibility index (Phi) is 3.80. The van der Waals surface area contributed by atoms with Gasteiger partial charge in [0.1, 0.15) is 17.3 Å². The van der Waals surface area contributed by atoms with Crippen LogP contribution >= 0.6 is 15.9 Å².